The first-order valence-electron chi connectivity index (χ1n) is 18.9. The summed E-state index contributed by atoms with van der Waals surface area (Å²) >= 11 is 0. The van der Waals surface area contributed by atoms with E-state index in [9.17, 15) is 0 Å². The van der Waals surface area contributed by atoms with E-state index in [-0.39, 0.29) is 0 Å². The second kappa shape index (κ2) is 12.0. The van der Waals surface area contributed by atoms with Crippen LogP contribution >= 0.6 is 0 Å². The molecule has 3 aromatic heterocycles. The number of rotatable bonds is 4. The fourth-order valence-electron chi connectivity index (χ4n) is 8.60. The van der Waals surface area contributed by atoms with Gasteiger partial charge in [-0.3, -0.25) is 0 Å². The summed E-state index contributed by atoms with van der Waals surface area (Å²) in [6.07, 6.45) is 0. The van der Waals surface area contributed by atoms with Crippen LogP contribution in [-0.2, 0) is 0 Å². The Bertz CT molecular complexity index is 3490. The standard InChI is InChI=1S/C52H30N2O2/c1-3-11-31(12-4-1)33-20-25-48-45(29-33)49-50(32-13-5-2-6-14-32)53-51(54-52(49)56-48)36-22-26-47-44(30-36)43-28-35(21-24-46(43)55-47)34-19-23-41-39-17-8-7-15-37(39)38-16-9-10-18-40(38)42(41)27-34/h1-30H. The van der Waals surface area contributed by atoms with Gasteiger partial charge in [-0.2, -0.15) is 4.98 Å². The van der Waals surface area contributed by atoms with Crippen molar-refractivity contribution in [1.82, 2.24) is 9.97 Å². The lowest BCUT2D eigenvalue weighted by molar-refractivity contribution is 0.653. The topological polar surface area (TPSA) is 52.1 Å². The second-order valence-corrected chi connectivity index (χ2v) is 14.5. The van der Waals surface area contributed by atoms with E-state index in [4.69, 9.17) is 18.8 Å². The van der Waals surface area contributed by atoms with Crippen LogP contribution in [0.3, 0.4) is 0 Å². The molecule has 9 aromatic carbocycles. The van der Waals surface area contributed by atoms with E-state index >= 15 is 0 Å². The monoisotopic (exact) mass is 714 g/mol. The number of hydrogen-bond acceptors (Lipinski definition) is 4. The predicted octanol–water partition coefficient (Wildman–Crippen LogP) is 14.4. The predicted molar refractivity (Wildman–Crippen MR) is 231 cm³/mol. The number of aromatic nitrogens is 2. The summed E-state index contributed by atoms with van der Waals surface area (Å²) in [7, 11) is 0. The van der Waals surface area contributed by atoms with E-state index in [1.54, 1.807) is 0 Å². The Labute approximate surface area is 320 Å². The zero-order valence-corrected chi connectivity index (χ0v) is 30.0. The quantitative estimate of drug-likeness (QED) is 0.170. The molecule has 56 heavy (non-hydrogen) atoms. The second-order valence-electron chi connectivity index (χ2n) is 14.5. The number of hydrogen-bond donors (Lipinski definition) is 0. The van der Waals surface area contributed by atoms with Crippen LogP contribution < -0.4 is 0 Å². The first-order valence-corrected chi connectivity index (χ1v) is 18.9. The van der Waals surface area contributed by atoms with Gasteiger partial charge in [-0.25, -0.2) is 4.98 Å². The fraction of sp³-hybridized carbons (Fsp3) is 0. The molecule has 0 aliphatic carbocycles. The molecule has 0 aliphatic heterocycles. The maximum absolute atomic E-state index is 6.49. The van der Waals surface area contributed by atoms with Gasteiger partial charge in [-0.15, -0.1) is 0 Å². The average molecular weight is 715 g/mol. The molecule has 0 amide bonds. The smallest absolute Gasteiger partial charge is 0.231 e. The molecule has 0 unspecified atom stereocenters. The van der Waals surface area contributed by atoms with Crippen LogP contribution in [0.2, 0.25) is 0 Å². The Kier molecular flexibility index (Phi) is 6.60. The summed E-state index contributed by atoms with van der Waals surface area (Å²) in [5.74, 6) is 0.597. The molecule has 0 fully saturated rings. The van der Waals surface area contributed by atoms with Crippen molar-refractivity contribution in [2.45, 2.75) is 0 Å². The number of benzene rings is 9. The number of nitrogens with zero attached hydrogens (tertiary/aromatic N) is 2. The fourth-order valence-corrected chi connectivity index (χ4v) is 8.60. The highest BCUT2D eigenvalue weighted by molar-refractivity contribution is 6.26. The Hall–Kier alpha value is -7.56. The third-order valence-corrected chi connectivity index (χ3v) is 11.3. The Morgan fingerprint density at radius 2 is 0.732 bits per heavy atom. The normalized spacial score (nSPS) is 11.9. The largest absolute Gasteiger partial charge is 0.456 e. The van der Waals surface area contributed by atoms with Crippen LogP contribution in [0, 0.1) is 0 Å². The summed E-state index contributed by atoms with van der Waals surface area (Å²) in [6.45, 7) is 0. The summed E-state index contributed by atoms with van der Waals surface area (Å²) < 4.78 is 12.9. The van der Waals surface area contributed by atoms with Crippen molar-refractivity contribution >= 4 is 76.3 Å². The van der Waals surface area contributed by atoms with E-state index in [0.29, 0.717) is 11.5 Å². The van der Waals surface area contributed by atoms with E-state index in [0.717, 1.165) is 77.4 Å². The molecule has 12 rings (SSSR count). The van der Waals surface area contributed by atoms with Gasteiger partial charge in [-0.05, 0) is 103 Å². The molecule has 12 aromatic rings. The highest BCUT2D eigenvalue weighted by Crippen LogP contribution is 2.41. The maximum atomic E-state index is 6.49. The summed E-state index contributed by atoms with van der Waals surface area (Å²) in [4.78, 5) is 10.4. The molecule has 4 heteroatoms. The molecule has 260 valence electrons. The van der Waals surface area contributed by atoms with Gasteiger partial charge in [0.25, 0.3) is 0 Å². The average Bonchev–Trinajstić information content (AvgIpc) is 3.84. The van der Waals surface area contributed by atoms with Crippen LogP contribution in [0.15, 0.2) is 191 Å². The van der Waals surface area contributed by atoms with E-state index < -0.39 is 0 Å². The van der Waals surface area contributed by atoms with Crippen molar-refractivity contribution in [3.63, 3.8) is 0 Å². The Morgan fingerprint density at radius 1 is 0.286 bits per heavy atom. The molecule has 0 N–H and O–H groups in total. The highest BCUT2D eigenvalue weighted by atomic mass is 16.3. The van der Waals surface area contributed by atoms with Crippen LogP contribution in [-0.4, -0.2) is 9.97 Å². The Balaban J connectivity index is 1.02. The van der Waals surface area contributed by atoms with Crippen molar-refractivity contribution in [3.05, 3.63) is 182 Å². The molecule has 0 atom stereocenters. The summed E-state index contributed by atoms with van der Waals surface area (Å²) in [5, 5.41) is 11.5. The minimum Gasteiger partial charge on any atom is -0.456 e. The van der Waals surface area contributed by atoms with Crippen LogP contribution in [0.4, 0.5) is 0 Å². The van der Waals surface area contributed by atoms with Gasteiger partial charge in [0.1, 0.15) is 16.7 Å². The highest BCUT2D eigenvalue weighted by Gasteiger charge is 2.20. The van der Waals surface area contributed by atoms with Crippen molar-refractivity contribution in [2.24, 2.45) is 0 Å². The third kappa shape index (κ3) is 4.73. The minimum atomic E-state index is 0.560. The number of furan rings is 2. The van der Waals surface area contributed by atoms with E-state index in [1.807, 2.05) is 42.5 Å². The Morgan fingerprint density at radius 3 is 1.38 bits per heavy atom. The van der Waals surface area contributed by atoms with Gasteiger partial charge < -0.3 is 8.83 Å². The molecule has 0 bridgehead atoms. The van der Waals surface area contributed by atoms with E-state index in [2.05, 4.69) is 140 Å². The molecule has 3 heterocycles. The molecule has 0 saturated heterocycles. The van der Waals surface area contributed by atoms with E-state index in [1.165, 1.54) is 32.3 Å². The molecule has 4 nitrogen and oxygen atoms in total. The van der Waals surface area contributed by atoms with Gasteiger partial charge in [-0.1, -0.05) is 133 Å². The third-order valence-electron chi connectivity index (χ3n) is 11.3. The molecule has 0 radical (unpaired) electrons. The van der Waals surface area contributed by atoms with Crippen molar-refractivity contribution in [1.29, 1.82) is 0 Å². The number of fused-ring (bicyclic) bond motifs is 12. The SMILES string of the molecule is c1ccc(-c2ccc3oc4nc(-c5ccc6oc7ccc(-c8ccc9c%10ccccc%10c%10ccccc%10c9c8)cc7c6c5)nc(-c5ccccc5)c4c3c2)cc1. The molecular formula is C52H30N2O2. The van der Waals surface area contributed by atoms with Gasteiger partial charge in [0.15, 0.2) is 5.82 Å². The molecular weight excluding hydrogens is 685 g/mol. The lowest BCUT2D eigenvalue weighted by Crippen LogP contribution is -1.93. The zero-order chi connectivity index (χ0) is 36.7. The van der Waals surface area contributed by atoms with Gasteiger partial charge in [0, 0.05) is 27.3 Å². The summed E-state index contributed by atoms with van der Waals surface area (Å²) in [5.41, 5.74) is 10.3. The van der Waals surface area contributed by atoms with Crippen molar-refractivity contribution in [2.75, 3.05) is 0 Å². The van der Waals surface area contributed by atoms with Crippen molar-refractivity contribution in [3.8, 4) is 44.9 Å². The van der Waals surface area contributed by atoms with Gasteiger partial charge in [0.2, 0.25) is 5.71 Å². The maximum Gasteiger partial charge on any atom is 0.231 e. The molecule has 0 aliphatic rings. The zero-order valence-electron chi connectivity index (χ0n) is 30.0. The summed E-state index contributed by atoms with van der Waals surface area (Å²) in [6, 6.07) is 64.0. The lowest BCUT2D eigenvalue weighted by atomic mass is 9.92. The van der Waals surface area contributed by atoms with Crippen molar-refractivity contribution < 1.29 is 8.83 Å². The molecule has 0 spiro atoms. The first kappa shape index (κ1) is 30.9. The van der Waals surface area contributed by atoms with Gasteiger partial charge in [0.05, 0.1) is 11.1 Å². The molecule has 0 saturated carbocycles. The minimum absolute atomic E-state index is 0.560. The van der Waals surface area contributed by atoms with Crippen LogP contribution in [0.25, 0.3) is 121 Å². The van der Waals surface area contributed by atoms with Crippen LogP contribution in [0.1, 0.15) is 0 Å². The van der Waals surface area contributed by atoms with Crippen LogP contribution in [0.5, 0.6) is 0 Å². The van der Waals surface area contributed by atoms with Gasteiger partial charge >= 0.3 is 0 Å². The lowest BCUT2D eigenvalue weighted by Gasteiger charge is -2.12. The first-order chi connectivity index (χ1) is 27.7.